The summed E-state index contributed by atoms with van der Waals surface area (Å²) in [6.45, 7) is 6.64. The third-order valence-electron chi connectivity index (χ3n) is 4.88. The van der Waals surface area contributed by atoms with Crippen molar-refractivity contribution in [3.05, 3.63) is 35.4 Å². The first-order valence-corrected chi connectivity index (χ1v) is 7.94. The second-order valence-electron chi connectivity index (χ2n) is 6.43. The third-order valence-corrected chi connectivity index (χ3v) is 4.88. The number of carbonyl (C=O) groups is 1. The maximum absolute atomic E-state index is 11.1. The first kappa shape index (κ1) is 14.5. The molecule has 0 saturated carbocycles. The molecule has 21 heavy (non-hydrogen) atoms. The number of aromatic carboxylic acids is 1. The minimum absolute atomic E-state index is 0.386. The number of rotatable bonds is 3. The summed E-state index contributed by atoms with van der Waals surface area (Å²) in [7, 11) is 0. The smallest absolute Gasteiger partial charge is 0.335 e. The molecule has 0 bridgehead atoms. The molecule has 0 spiro atoms. The summed E-state index contributed by atoms with van der Waals surface area (Å²) in [6, 6.07) is 8.58. The first-order valence-electron chi connectivity index (χ1n) is 7.94. The molecule has 3 rings (SSSR count). The van der Waals surface area contributed by atoms with Gasteiger partial charge in [-0.25, -0.2) is 4.79 Å². The minimum atomic E-state index is -0.845. The van der Waals surface area contributed by atoms with Gasteiger partial charge in [-0.05, 0) is 44.0 Å². The van der Waals surface area contributed by atoms with Crippen molar-refractivity contribution in [2.45, 2.75) is 44.8 Å². The number of nitrogens with zero attached hydrogens (tertiary/aromatic N) is 2. The van der Waals surface area contributed by atoms with E-state index >= 15 is 0 Å². The van der Waals surface area contributed by atoms with E-state index in [0.29, 0.717) is 17.6 Å². The lowest BCUT2D eigenvalue weighted by Crippen LogP contribution is -2.58. The highest BCUT2D eigenvalue weighted by molar-refractivity contribution is 5.87. The number of hydrogen-bond donors (Lipinski definition) is 1. The van der Waals surface area contributed by atoms with E-state index in [4.69, 9.17) is 5.11 Å². The molecule has 1 N–H and O–H groups in total. The fourth-order valence-electron chi connectivity index (χ4n) is 3.67. The van der Waals surface area contributed by atoms with Crippen molar-refractivity contribution < 1.29 is 9.90 Å². The van der Waals surface area contributed by atoms with E-state index in [-0.39, 0.29) is 0 Å². The summed E-state index contributed by atoms with van der Waals surface area (Å²) in [6.07, 6.45) is 3.99. The molecule has 1 aromatic rings. The lowest BCUT2D eigenvalue weighted by atomic mass is 9.96. The quantitative estimate of drug-likeness (QED) is 0.928. The van der Waals surface area contributed by atoms with Crippen LogP contribution in [0.25, 0.3) is 0 Å². The Morgan fingerprint density at radius 2 is 2.19 bits per heavy atom. The average Bonchev–Trinajstić information content (AvgIpc) is 2.48. The lowest BCUT2D eigenvalue weighted by molar-refractivity contribution is 0.0111. The summed E-state index contributed by atoms with van der Waals surface area (Å²) in [4.78, 5) is 16.2. The zero-order valence-electron chi connectivity index (χ0n) is 12.7. The molecule has 4 nitrogen and oxygen atoms in total. The molecule has 0 aliphatic carbocycles. The molecular formula is C17H24N2O2. The summed E-state index contributed by atoms with van der Waals surface area (Å²) in [5.74, 6) is -0.845. The van der Waals surface area contributed by atoms with Gasteiger partial charge < -0.3 is 5.11 Å². The molecule has 0 amide bonds. The van der Waals surface area contributed by atoms with E-state index in [1.807, 2.05) is 18.2 Å². The molecule has 0 aromatic heterocycles. The highest BCUT2D eigenvalue weighted by atomic mass is 16.4. The van der Waals surface area contributed by atoms with Crippen molar-refractivity contribution in [3.63, 3.8) is 0 Å². The molecule has 2 heterocycles. The normalized spacial score (nSPS) is 27.3. The number of piperidine rings is 1. The van der Waals surface area contributed by atoms with E-state index in [2.05, 4.69) is 16.7 Å². The van der Waals surface area contributed by atoms with Crippen LogP contribution in [0.1, 0.15) is 42.1 Å². The average molecular weight is 288 g/mol. The Morgan fingerprint density at radius 1 is 1.33 bits per heavy atom. The van der Waals surface area contributed by atoms with E-state index in [9.17, 15) is 4.79 Å². The van der Waals surface area contributed by atoms with Crippen molar-refractivity contribution in [2.24, 2.45) is 0 Å². The van der Waals surface area contributed by atoms with E-state index in [0.717, 1.165) is 25.2 Å². The Bertz CT molecular complexity index is 517. The van der Waals surface area contributed by atoms with Crippen LogP contribution in [-0.4, -0.2) is 52.6 Å². The molecule has 4 heteroatoms. The van der Waals surface area contributed by atoms with Crippen molar-refractivity contribution in [1.29, 1.82) is 0 Å². The predicted molar refractivity (Wildman–Crippen MR) is 82.5 cm³/mol. The van der Waals surface area contributed by atoms with Crippen molar-refractivity contribution in [1.82, 2.24) is 9.80 Å². The van der Waals surface area contributed by atoms with Crippen LogP contribution in [0.5, 0.6) is 0 Å². The van der Waals surface area contributed by atoms with Crippen LogP contribution in [-0.2, 0) is 6.54 Å². The van der Waals surface area contributed by atoms with Gasteiger partial charge in [0, 0.05) is 31.7 Å². The molecule has 114 valence electrons. The second-order valence-corrected chi connectivity index (χ2v) is 6.43. The highest BCUT2D eigenvalue weighted by Crippen LogP contribution is 2.25. The fraction of sp³-hybridized carbons (Fsp3) is 0.588. The second kappa shape index (κ2) is 6.16. The minimum Gasteiger partial charge on any atom is -0.478 e. The third kappa shape index (κ3) is 3.27. The van der Waals surface area contributed by atoms with Crippen LogP contribution in [0.3, 0.4) is 0 Å². The molecule has 2 atom stereocenters. The SMILES string of the molecule is CC1CN2CCCCC2CN1Cc1cccc(C(=O)O)c1. The van der Waals surface area contributed by atoms with Crippen LogP contribution in [0.2, 0.25) is 0 Å². The Labute approximate surface area is 126 Å². The molecular weight excluding hydrogens is 264 g/mol. The number of carboxylic acid groups (broad SMARTS) is 1. The number of piperazine rings is 1. The van der Waals surface area contributed by atoms with Gasteiger partial charge in [0.05, 0.1) is 5.56 Å². The van der Waals surface area contributed by atoms with Gasteiger partial charge in [0.2, 0.25) is 0 Å². The number of hydrogen-bond acceptors (Lipinski definition) is 3. The zero-order valence-corrected chi connectivity index (χ0v) is 12.7. The van der Waals surface area contributed by atoms with Crippen LogP contribution < -0.4 is 0 Å². The summed E-state index contributed by atoms with van der Waals surface area (Å²) < 4.78 is 0. The molecule has 2 unspecified atom stereocenters. The molecule has 0 radical (unpaired) electrons. The predicted octanol–water partition coefficient (Wildman–Crippen LogP) is 2.44. The Kier molecular flexibility index (Phi) is 4.27. The van der Waals surface area contributed by atoms with Crippen LogP contribution in [0.15, 0.2) is 24.3 Å². The Morgan fingerprint density at radius 3 is 3.00 bits per heavy atom. The van der Waals surface area contributed by atoms with Gasteiger partial charge in [0.1, 0.15) is 0 Å². The topological polar surface area (TPSA) is 43.8 Å². The molecule has 2 aliphatic heterocycles. The molecule has 2 saturated heterocycles. The van der Waals surface area contributed by atoms with Crippen LogP contribution in [0.4, 0.5) is 0 Å². The van der Waals surface area contributed by atoms with Gasteiger partial charge in [0.15, 0.2) is 0 Å². The lowest BCUT2D eigenvalue weighted by Gasteiger charge is -2.47. The molecule has 2 aliphatic rings. The summed E-state index contributed by atoms with van der Waals surface area (Å²) >= 11 is 0. The fourth-order valence-corrected chi connectivity index (χ4v) is 3.67. The largest absolute Gasteiger partial charge is 0.478 e. The van der Waals surface area contributed by atoms with E-state index in [1.54, 1.807) is 6.07 Å². The maximum atomic E-state index is 11.1. The molecule has 1 aromatic carbocycles. The number of fused-ring (bicyclic) bond motifs is 1. The van der Waals surface area contributed by atoms with Gasteiger partial charge in [-0.2, -0.15) is 0 Å². The summed E-state index contributed by atoms with van der Waals surface area (Å²) in [5.41, 5.74) is 1.49. The van der Waals surface area contributed by atoms with Crippen molar-refractivity contribution in [2.75, 3.05) is 19.6 Å². The Hall–Kier alpha value is -1.39. The number of carboxylic acids is 1. The highest BCUT2D eigenvalue weighted by Gasteiger charge is 2.32. The van der Waals surface area contributed by atoms with E-state index < -0.39 is 5.97 Å². The zero-order chi connectivity index (χ0) is 14.8. The van der Waals surface area contributed by atoms with Gasteiger partial charge in [-0.15, -0.1) is 0 Å². The van der Waals surface area contributed by atoms with Crippen LogP contribution >= 0.6 is 0 Å². The molecule has 2 fully saturated rings. The first-order chi connectivity index (χ1) is 10.1. The van der Waals surface area contributed by atoms with Gasteiger partial charge in [0.25, 0.3) is 0 Å². The van der Waals surface area contributed by atoms with Crippen LogP contribution in [0, 0.1) is 0 Å². The number of benzene rings is 1. The van der Waals surface area contributed by atoms with Gasteiger partial charge >= 0.3 is 5.97 Å². The standard InChI is InChI=1S/C17H24N2O2/c1-13-10-18-8-3-2-7-16(18)12-19(13)11-14-5-4-6-15(9-14)17(20)21/h4-6,9,13,16H,2-3,7-8,10-12H2,1H3,(H,20,21). The van der Waals surface area contributed by atoms with Gasteiger partial charge in [-0.3, -0.25) is 9.80 Å². The maximum Gasteiger partial charge on any atom is 0.335 e. The van der Waals surface area contributed by atoms with Crippen molar-refractivity contribution in [3.8, 4) is 0 Å². The Balaban J connectivity index is 1.69. The van der Waals surface area contributed by atoms with E-state index in [1.165, 1.54) is 25.8 Å². The van der Waals surface area contributed by atoms with Crippen molar-refractivity contribution >= 4 is 5.97 Å². The monoisotopic (exact) mass is 288 g/mol. The van der Waals surface area contributed by atoms with Gasteiger partial charge in [-0.1, -0.05) is 18.6 Å². The summed E-state index contributed by atoms with van der Waals surface area (Å²) in [5, 5.41) is 9.10.